The number of nitrogens with zero attached hydrogens (tertiary/aromatic N) is 3. The molecule has 0 spiro atoms. The minimum Gasteiger partial charge on any atom is -0.456 e. The van der Waals surface area contributed by atoms with Gasteiger partial charge in [-0.15, -0.1) is 0 Å². The van der Waals surface area contributed by atoms with E-state index < -0.39 is 0 Å². The van der Waals surface area contributed by atoms with E-state index in [2.05, 4.69) is 65.1 Å². The van der Waals surface area contributed by atoms with Crippen molar-refractivity contribution in [3.05, 3.63) is 103 Å². The zero-order valence-corrected chi connectivity index (χ0v) is 19.1. The Kier molecular flexibility index (Phi) is 3.25. The predicted octanol–water partition coefficient (Wildman–Crippen LogP) is 8.35. The van der Waals surface area contributed by atoms with Crippen molar-refractivity contribution in [3.8, 4) is 11.1 Å². The molecule has 0 atom stereocenters. The van der Waals surface area contributed by atoms with Crippen LogP contribution in [0.25, 0.3) is 82.5 Å². The normalized spacial score (nSPS) is 12.4. The molecule has 0 radical (unpaired) electrons. The van der Waals surface area contributed by atoms with Crippen LogP contribution in [-0.4, -0.2) is 14.4 Å². The highest BCUT2D eigenvalue weighted by Gasteiger charge is 2.20. The van der Waals surface area contributed by atoms with Crippen molar-refractivity contribution in [1.82, 2.24) is 14.4 Å². The van der Waals surface area contributed by atoms with E-state index in [1.54, 1.807) is 0 Å². The van der Waals surface area contributed by atoms with Gasteiger partial charge < -0.3 is 4.42 Å². The van der Waals surface area contributed by atoms with E-state index >= 15 is 0 Å². The molecular weight excluding hydrogens is 442 g/mol. The lowest BCUT2D eigenvalue weighted by Gasteiger charge is -2.06. The van der Waals surface area contributed by atoms with Crippen LogP contribution in [0.15, 0.2) is 108 Å². The average Bonchev–Trinajstić information content (AvgIpc) is 3.58. The Morgan fingerprint density at radius 3 is 2.28 bits per heavy atom. The first kappa shape index (κ1) is 18.4. The molecule has 4 heterocycles. The van der Waals surface area contributed by atoms with Crippen molar-refractivity contribution in [2.45, 2.75) is 0 Å². The van der Waals surface area contributed by atoms with Gasteiger partial charge in [0.05, 0.1) is 22.1 Å². The maximum absolute atomic E-state index is 6.16. The van der Waals surface area contributed by atoms with Gasteiger partial charge in [0.2, 0.25) is 0 Å². The fourth-order valence-corrected chi connectivity index (χ4v) is 5.99. The molecule has 166 valence electrons. The van der Waals surface area contributed by atoms with Crippen LogP contribution in [0.2, 0.25) is 0 Å². The molecule has 0 amide bonds. The molecule has 0 aliphatic rings. The van der Waals surface area contributed by atoms with E-state index in [9.17, 15) is 0 Å². The number of aromatic nitrogens is 3. The summed E-state index contributed by atoms with van der Waals surface area (Å²) in [5, 5.41) is 5.88. The minimum atomic E-state index is 0.908. The number of hydrogen-bond donors (Lipinski definition) is 0. The molecule has 5 aromatic carbocycles. The average molecular weight is 460 g/mol. The topological polar surface area (TPSA) is 43.3 Å². The Hall–Kier alpha value is -4.96. The molecule has 4 nitrogen and oxygen atoms in total. The van der Waals surface area contributed by atoms with Crippen molar-refractivity contribution in [3.63, 3.8) is 0 Å². The van der Waals surface area contributed by atoms with E-state index in [0.29, 0.717) is 0 Å². The van der Waals surface area contributed by atoms with Crippen molar-refractivity contribution in [1.29, 1.82) is 0 Å². The molecule has 4 heteroatoms. The number of benzene rings is 5. The Morgan fingerprint density at radius 1 is 0.583 bits per heavy atom. The van der Waals surface area contributed by atoms with Crippen LogP contribution in [0.4, 0.5) is 0 Å². The summed E-state index contributed by atoms with van der Waals surface area (Å²) in [6, 6.07) is 35.9. The van der Waals surface area contributed by atoms with E-state index in [1.165, 1.54) is 27.4 Å². The number of rotatable bonds is 1. The van der Waals surface area contributed by atoms with Crippen molar-refractivity contribution >= 4 is 71.3 Å². The highest BCUT2D eigenvalue weighted by atomic mass is 16.3. The third-order valence-electron chi connectivity index (χ3n) is 7.52. The second kappa shape index (κ2) is 6.37. The number of para-hydroxylation sites is 4. The molecule has 0 fully saturated rings. The van der Waals surface area contributed by atoms with Gasteiger partial charge in [-0.05, 0) is 47.5 Å². The van der Waals surface area contributed by atoms with Gasteiger partial charge in [-0.25, -0.2) is 9.97 Å². The minimum absolute atomic E-state index is 0.908. The molecule has 0 bridgehead atoms. The SMILES string of the molecule is c1ccc2nc3c(nc2c1)c1cccc2c4cc(-c5cccc6oc7ccccc7c56)ccc4n3c21. The number of hydrogen-bond acceptors (Lipinski definition) is 3. The van der Waals surface area contributed by atoms with Crippen LogP contribution in [0.3, 0.4) is 0 Å². The first-order valence-corrected chi connectivity index (χ1v) is 12.1. The molecule has 0 N–H and O–H groups in total. The summed E-state index contributed by atoms with van der Waals surface area (Å²) in [5.74, 6) is 0. The molecule has 36 heavy (non-hydrogen) atoms. The largest absolute Gasteiger partial charge is 0.456 e. The summed E-state index contributed by atoms with van der Waals surface area (Å²) in [4.78, 5) is 10.1. The molecule has 0 saturated carbocycles. The fourth-order valence-electron chi connectivity index (χ4n) is 5.99. The van der Waals surface area contributed by atoms with Gasteiger partial charge in [0.1, 0.15) is 16.7 Å². The second-order valence-electron chi connectivity index (χ2n) is 9.43. The zero-order chi connectivity index (χ0) is 23.4. The quantitative estimate of drug-likeness (QED) is 0.248. The van der Waals surface area contributed by atoms with E-state index in [4.69, 9.17) is 14.4 Å². The molecule has 9 aromatic rings. The first-order valence-electron chi connectivity index (χ1n) is 12.1. The highest BCUT2D eigenvalue weighted by Crippen LogP contribution is 2.41. The maximum Gasteiger partial charge on any atom is 0.165 e. The predicted molar refractivity (Wildman–Crippen MR) is 147 cm³/mol. The summed E-state index contributed by atoms with van der Waals surface area (Å²) in [6.07, 6.45) is 0. The van der Waals surface area contributed by atoms with Gasteiger partial charge in [-0.2, -0.15) is 0 Å². The maximum atomic E-state index is 6.16. The highest BCUT2D eigenvalue weighted by molar-refractivity contribution is 6.23. The van der Waals surface area contributed by atoms with Crippen LogP contribution in [0.1, 0.15) is 0 Å². The summed E-state index contributed by atoms with van der Waals surface area (Å²) in [7, 11) is 0. The lowest BCUT2D eigenvalue weighted by atomic mass is 9.98. The third-order valence-corrected chi connectivity index (χ3v) is 7.52. The van der Waals surface area contributed by atoms with Gasteiger partial charge in [-0.3, -0.25) is 4.40 Å². The third kappa shape index (κ3) is 2.19. The summed E-state index contributed by atoms with van der Waals surface area (Å²) >= 11 is 0. The lowest BCUT2D eigenvalue weighted by Crippen LogP contribution is -1.89. The van der Waals surface area contributed by atoms with Crippen LogP contribution in [-0.2, 0) is 0 Å². The van der Waals surface area contributed by atoms with Gasteiger partial charge >= 0.3 is 0 Å². The molecule has 0 saturated heterocycles. The molecule has 0 aliphatic carbocycles. The summed E-state index contributed by atoms with van der Waals surface area (Å²) in [5.41, 5.74) is 10.2. The van der Waals surface area contributed by atoms with Crippen LogP contribution >= 0.6 is 0 Å². The Balaban J connectivity index is 1.41. The smallest absolute Gasteiger partial charge is 0.165 e. The molecule has 9 rings (SSSR count). The van der Waals surface area contributed by atoms with Gasteiger partial charge in [0.25, 0.3) is 0 Å². The molecule has 0 unspecified atom stereocenters. The van der Waals surface area contributed by atoms with Gasteiger partial charge in [0.15, 0.2) is 5.65 Å². The van der Waals surface area contributed by atoms with Crippen LogP contribution in [0, 0.1) is 0 Å². The van der Waals surface area contributed by atoms with Crippen molar-refractivity contribution in [2.75, 3.05) is 0 Å². The molecule has 4 aromatic heterocycles. The number of fused-ring (bicyclic) bond motifs is 10. The monoisotopic (exact) mass is 459 g/mol. The van der Waals surface area contributed by atoms with Crippen LogP contribution in [0.5, 0.6) is 0 Å². The molecule has 0 aliphatic heterocycles. The Labute approximate surface area is 204 Å². The summed E-state index contributed by atoms with van der Waals surface area (Å²) < 4.78 is 8.44. The van der Waals surface area contributed by atoms with E-state index in [0.717, 1.165) is 55.0 Å². The van der Waals surface area contributed by atoms with E-state index in [-0.39, 0.29) is 0 Å². The zero-order valence-electron chi connectivity index (χ0n) is 19.1. The van der Waals surface area contributed by atoms with Crippen LogP contribution < -0.4 is 0 Å². The van der Waals surface area contributed by atoms with Crippen molar-refractivity contribution < 1.29 is 4.42 Å². The Bertz CT molecular complexity index is 2320. The fraction of sp³-hybridized carbons (Fsp3) is 0. The second-order valence-corrected chi connectivity index (χ2v) is 9.43. The van der Waals surface area contributed by atoms with E-state index in [1.807, 2.05) is 42.5 Å². The van der Waals surface area contributed by atoms with Gasteiger partial charge in [-0.1, -0.05) is 66.7 Å². The standard InChI is InChI=1S/C32H17N3O/c1-4-13-27-21(7-1)29-19(8-6-14-28(29)36-27)18-15-16-26-23(17-18)20-9-5-10-22-30-32(35(26)31(20)22)34-25-12-3-2-11-24(25)33-30/h1-17H. The molecular formula is C32H17N3O. The lowest BCUT2D eigenvalue weighted by molar-refractivity contribution is 0.669. The first-order chi connectivity index (χ1) is 17.8. The number of furan rings is 1. The Morgan fingerprint density at radius 2 is 1.33 bits per heavy atom. The van der Waals surface area contributed by atoms with Crippen molar-refractivity contribution in [2.24, 2.45) is 0 Å². The van der Waals surface area contributed by atoms with Gasteiger partial charge in [0, 0.05) is 26.9 Å². The summed E-state index contributed by atoms with van der Waals surface area (Å²) in [6.45, 7) is 0.